The van der Waals surface area contributed by atoms with Gasteiger partial charge >= 0.3 is 0 Å². The van der Waals surface area contributed by atoms with Crippen LogP contribution in [0.25, 0.3) is 0 Å². The normalized spacial score (nSPS) is 10.7. The molecule has 2 heterocycles. The van der Waals surface area contributed by atoms with Gasteiger partial charge in [0.1, 0.15) is 11.6 Å². The molecule has 4 heteroatoms. The molecule has 0 unspecified atom stereocenters. The van der Waals surface area contributed by atoms with Crippen LogP contribution >= 0.6 is 0 Å². The van der Waals surface area contributed by atoms with Gasteiger partial charge in [0.15, 0.2) is 0 Å². The molecule has 0 amide bonds. The molecule has 2 aromatic rings. The molecule has 0 aliphatic rings. The molecule has 2 aromatic heterocycles. The lowest BCUT2D eigenvalue weighted by Gasteiger charge is -2.19. The summed E-state index contributed by atoms with van der Waals surface area (Å²) in [5.74, 6) is 1.95. The highest BCUT2D eigenvalue weighted by Gasteiger charge is 2.09. The maximum atomic E-state index is 5.32. The van der Waals surface area contributed by atoms with Gasteiger partial charge in [-0.15, -0.1) is 0 Å². The van der Waals surface area contributed by atoms with Crippen molar-refractivity contribution in [1.29, 1.82) is 0 Å². The van der Waals surface area contributed by atoms with E-state index < -0.39 is 0 Å². The van der Waals surface area contributed by atoms with Gasteiger partial charge in [0, 0.05) is 31.4 Å². The zero-order valence-corrected chi connectivity index (χ0v) is 12.0. The topological polar surface area (TPSA) is 41.3 Å². The summed E-state index contributed by atoms with van der Waals surface area (Å²) in [6.45, 7) is 5.69. The third-order valence-electron chi connectivity index (χ3n) is 3.31. The van der Waals surface area contributed by atoms with Crippen molar-refractivity contribution in [2.24, 2.45) is 0 Å². The first kappa shape index (κ1) is 13.6. The van der Waals surface area contributed by atoms with Gasteiger partial charge in [-0.2, -0.15) is 0 Å². The van der Waals surface area contributed by atoms with Crippen LogP contribution in [0.15, 0.2) is 28.9 Å². The Kier molecular flexibility index (Phi) is 4.22. The number of hydrogen-bond donors (Lipinski definition) is 1. The van der Waals surface area contributed by atoms with E-state index in [0.717, 1.165) is 30.4 Å². The Morgan fingerprint density at radius 2 is 2.00 bits per heavy atom. The summed E-state index contributed by atoms with van der Waals surface area (Å²) in [6.07, 6.45) is 1.73. The molecule has 4 nitrogen and oxygen atoms in total. The minimum absolute atomic E-state index is 0.806. The van der Waals surface area contributed by atoms with E-state index in [1.165, 1.54) is 11.1 Å². The maximum absolute atomic E-state index is 5.32. The number of aryl methyl sites for hydroxylation is 2. The minimum Gasteiger partial charge on any atom is -0.469 e. The van der Waals surface area contributed by atoms with Crippen molar-refractivity contribution in [3.8, 4) is 0 Å². The molecule has 0 spiro atoms. The second kappa shape index (κ2) is 5.89. The highest BCUT2D eigenvalue weighted by molar-refractivity contribution is 5.42. The number of pyridine rings is 1. The molecule has 1 N–H and O–H groups in total. The Morgan fingerprint density at radius 3 is 2.58 bits per heavy atom. The van der Waals surface area contributed by atoms with Crippen LogP contribution in [0.2, 0.25) is 0 Å². The van der Waals surface area contributed by atoms with Crippen LogP contribution in [0, 0.1) is 13.8 Å². The maximum Gasteiger partial charge on any atom is 0.128 e. The fraction of sp³-hybridized carbons (Fsp3) is 0.400. The first-order valence-corrected chi connectivity index (χ1v) is 6.47. The Balaban J connectivity index is 2.13. The molecule has 0 saturated carbocycles. The van der Waals surface area contributed by atoms with Gasteiger partial charge < -0.3 is 14.6 Å². The number of anilines is 1. The Morgan fingerprint density at radius 1 is 1.21 bits per heavy atom. The number of nitrogens with zero attached hydrogens (tertiary/aromatic N) is 2. The number of nitrogens with one attached hydrogen (secondary N) is 1. The SMILES string of the molecule is CNCc1ccc(N(C)Cc2ccoc2C)nc1C. The molecule has 0 atom stereocenters. The molecule has 2 rings (SSSR count). The van der Waals surface area contributed by atoms with E-state index in [9.17, 15) is 0 Å². The summed E-state index contributed by atoms with van der Waals surface area (Å²) < 4.78 is 5.32. The molecule has 0 fully saturated rings. The van der Waals surface area contributed by atoms with Crippen LogP contribution in [-0.2, 0) is 13.1 Å². The van der Waals surface area contributed by atoms with Gasteiger partial charge in [0.05, 0.1) is 6.26 Å². The van der Waals surface area contributed by atoms with Crippen molar-refractivity contribution >= 4 is 5.82 Å². The monoisotopic (exact) mass is 259 g/mol. The van der Waals surface area contributed by atoms with Crippen molar-refractivity contribution in [3.63, 3.8) is 0 Å². The molecule has 0 aromatic carbocycles. The summed E-state index contributed by atoms with van der Waals surface area (Å²) in [6, 6.07) is 6.20. The fourth-order valence-corrected chi connectivity index (χ4v) is 2.08. The molecule has 0 radical (unpaired) electrons. The molecule has 0 bridgehead atoms. The van der Waals surface area contributed by atoms with E-state index in [2.05, 4.69) is 27.3 Å². The van der Waals surface area contributed by atoms with E-state index in [4.69, 9.17) is 4.42 Å². The molecule has 0 saturated heterocycles. The number of rotatable bonds is 5. The number of furan rings is 1. The molecule has 19 heavy (non-hydrogen) atoms. The van der Waals surface area contributed by atoms with Crippen LogP contribution in [0.5, 0.6) is 0 Å². The fourth-order valence-electron chi connectivity index (χ4n) is 2.08. The van der Waals surface area contributed by atoms with Gasteiger partial charge in [-0.3, -0.25) is 0 Å². The lowest BCUT2D eigenvalue weighted by atomic mass is 10.2. The zero-order chi connectivity index (χ0) is 13.8. The Bertz CT molecular complexity index is 548. The lowest BCUT2D eigenvalue weighted by molar-refractivity contribution is 0.529. The Labute approximate surface area is 114 Å². The first-order chi connectivity index (χ1) is 9.11. The van der Waals surface area contributed by atoms with Gasteiger partial charge in [-0.05, 0) is 38.6 Å². The summed E-state index contributed by atoms with van der Waals surface area (Å²) in [5, 5.41) is 3.15. The van der Waals surface area contributed by atoms with E-state index in [1.807, 2.05) is 34.0 Å². The van der Waals surface area contributed by atoms with Crippen molar-refractivity contribution in [2.45, 2.75) is 26.9 Å². The predicted octanol–water partition coefficient (Wildman–Crippen LogP) is 2.65. The number of hydrogen-bond acceptors (Lipinski definition) is 4. The standard InChI is InChI=1S/C15H21N3O/c1-11-13(9-16-3)5-6-15(17-11)18(4)10-14-7-8-19-12(14)2/h5-8,16H,9-10H2,1-4H3. The quantitative estimate of drug-likeness (QED) is 0.896. The predicted molar refractivity (Wildman–Crippen MR) is 77.3 cm³/mol. The van der Waals surface area contributed by atoms with Gasteiger partial charge in [0.25, 0.3) is 0 Å². The summed E-state index contributed by atoms with van der Waals surface area (Å²) >= 11 is 0. The van der Waals surface area contributed by atoms with Crippen LogP contribution in [0.3, 0.4) is 0 Å². The highest BCUT2D eigenvalue weighted by atomic mass is 16.3. The van der Waals surface area contributed by atoms with Gasteiger partial charge in [-0.25, -0.2) is 4.98 Å². The number of aromatic nitrogens is 1. The van der Waals surface area contributed by atoms with Crippen molar-refractivity contribution in [3.05, 3.63) is 47.0 Å². The average Bonchev–Trinajstić information content (AvgIpc) is 2.78. The van der Waals surface area contributed by atoms with Gasteiger partial charge in [-0.1, -0.05) is 6.07 Å². The van der Waals surface area contributed by atoms with Gasteiger partial charge in [0.2, 0.25) is 0 Å². The summed E-state index contributed by atoms with van der Waals surface area (Å²) in [4.78, 5) is 6.79. The van der Waals surface area contributed by atoms with E-state index in [1.54, 1.807) is 6.26 Å². The third kappa shape index (κ3) is 3.15. The summed E-state index contributed by atoms with van der Waals surface area (Å²) in [5.41, 5.74) is 3.50. The van der Waals surface area contributed by atoms with Crippen molar-refractivity contribution < 1.29 is 4.42 Å². The van der Waals surface area contributed by atoms with Crippen LogP contribution in [0.4, 0.5) is 5.82 Å². The summed E-state index contributed by atoms with van der Waals surface area (Å²) in [7, 11) is 3.99. The smallest absolute Gasteiger partial charge is 0.128 e. The second-order valence-corrected chi connectivity index (χ2v) is 4.80. The molecule has 102 valence electrons. The average molecular weight is 259 g/mol. The lowest BCUT2D eigenvalue weighted by Crippen LogP contribution is -2.18. The minimum atomic E-state index is 0.806. The van der Waals surface area contributed by atoms with Crippen LogP contribution in [-0.4, -0.2) is 19.1 Å². The highest BCUT2D eigenvalue weighted by Crippen LogP contribution is 2.18. The second-order valence-electron chi connectivity index (χ2n) is 4.80. The van der Waals surface area contributed by atoms with E-state index in [0.29, 0.717) is 0 Å². The van der Waals surface area contributed by atoms with Crippen molar-refractivity contribution in [2.75, 3.05) is 19.0 Å². The molecule has 0 aliphatic carbocycles. The van der Waals surface area contributed by atoms with E-state index >= 15 is 0 Å². The van der Waals surface area contributed by atoms with Crippen LogP contribution < -0.4 is 10.2 Å². The van der Waals surface area contributed by atoms with E-state index in [-0.39, 0.29) is 0 Å². The third-order valence-corrected chi connectivity index (χ3v) is 3.31. The van der Waals surface area contributed by atoms with Crippen LogP contribution in [0.1, 0.15) is 22.6 Å². The molecular formula is C15H21N3O. The van der Waals surface area contributed by atoms with Crippen molar-refractivity contribution in [1.82, 2.24) is 10.3 Å². The zero-order valence-electron chi connectivity index (χ0n) is 12.0. The largest absolute Gasteiger partial charge is 0.469 e. The molecule has 0 aliphatic heterocycles. The molecular weight excluding hydrogens is 238 g/mol. The first-order valence-electron chi connectivity index (χ1n) is 6.47. The Hall–Kier alpha value is -1.81.